The standard InChI is InChI=1S/C27H30N2O3/c1-27(32,19-18-20-12-6-3-7-13-20)25(28)26(31)29(2)23(21-14-8-4-9-15-21)24(30)22-16-10-5-11-17-22/h3-19,23-25,30,32H,28H2,1-2H3/b19-18+/t23-,24-,25-,27?/m1/s1. The van der Waals surface area contributed by atoms with Gasteiger partial charge in [-0.3, -0.25) is 4.79 Å². The number of benzene rings is 3. The van der Waals surface area contributed by atoms with Crippen LogP contribution in [0.4, 0.5) is 0 Å². The summed E-state index contributed by atoms with van der Waals surface area (Å²) in [6.07, 6.45) is 2.30. The van der Waals surface area contributed by atoms with E-state index in [1.54, 1.807) is 13.1 Å². The lowest BCUT2D eigenvalue weighted by Gasteiger charge is -2.36. The van der Waals surface area contributed by atoms with Gasteiger partial charge in [0.25, 0.3) is 0 Å². The molecule has 1 amide bonds. The van der Waals surface area contributed by atoms with Crippen LogP contribution < -0.4 is 5.73 Å². The molecule has 3 rings (SSSR count). The predicted molar refractivity (Wildman–Crippen MR) is 127 cm³/mol. The molecule has 0 saturated heterocycles. The van der Waals surface area contributed by atoms with Crippen molar-refractivity contribution in [2.24, 2.45) is 5.73 Å². The van der Waals surface area contributed by atoms with E-state index in [1.165, 1.54) is 17.9 Å². The second-order valence-electron chi connectivity index (χ2n) is 8.11. The van der Waals surface area contributed by atoms with Gasteiger partial charge in [0.1, 0.15) is 17.7 Å². The van der Waals surface area contributed by atoms with E-state index in [0.717, 1.165) is 11.1 Å². The summed E-state index contributed by atoms with van der Waals surface area (Å²) in [5.41, 5.74) is 7.00. The van der Waals surface area contributed by atoms with Gasteiger partial charge in [0, 0.05) is 7.05 Å². The second-order valence-corrected chi connectivity index (χ2v) is 8.11. The molecule has 4 N–H and O–H groups in total. The van der Waals surface area contributed by atoms with Crippen LogP contribution in [0.3, 0.4) is 0 Å². The Morgan fingerprint density at radius 2 is 1.38 bits per heavy atom. The van der Waals surface area contributed by atoms with E-state index >= 15 is 0 Å². The lowest BCUT2D eigenvalue weighted by molar-refractivity contribution is -0.140. The van der Waals surface area contributed by atoms with Gasteiger partial charge < -0.3 is 20.8 Å². The first kappa shape index (κ1) is 23.4. The fraction of sp³-hybridized carbons (Fsp3) is 0.222. The van der Waals surface area contributed by atoms with Crippen LogP contribution in [0, 0.1) is 0 Å². The Balaban J connectivity index is 1.87. The van der Waals surface area contributed by atoms with E-state index in [2.05, 4.69) is 0 Å². The molecule has 0 aliphatic heterocycles. The minimum Gasteiger partial charge on any atom is -0.386 e. The van der Waals surface area contributed by atoms with Crippen LogP contribution in [0.25, 0.3) is 6.08 Å². The van der Waals surface area contributed by atoms with Crippen LogP contribution in [0.15, 0.2) is 97.1 Å². The zero-order valence-electron chi connectivity index (χ0n) is 18.4. The summed E-state index contributed by atoms with van der Waals surface area (Å²) in [5.74, 6) is -0.475. The largest absolute Gasteiger partial charge is 0.386 e. The Bertz CT molecular complexity index is 1020. The molecule has 5 heteroatoms. The maximum Gasteiger partial charge on any atom is 0.243 e. The first-order chi connectivity index (χ1) is 15.3. The van der Waals surface area contributed by atoms with Crippen LogP contribution in [0.1, 0.15) is 35.8 Å². The van der Waals surface area contributed by atoms with Crippen molar-refractivity contribution in [1.82, 2.24) is 4.90 Å². The molecule has 0 aliphatic carbocycles. The number of aliphatic hydroxyl groups is 2. The molecule has 0 radical (unpaired) electrons. The molecule has 32 heavy (non-hydrogen) atoms. The van der Waals surface area contributed by atoms with Crippen molar-refractivity contribution in [1.29, 1.82) is 0 Å². The van der Waals surface area contributed by atoms with E-state index in [4.69, 9.17) is 5.73 Å². The Kier molecular flexibility index (Phi) is 7.59. The lowest BCUT2D eigenvalue weighted by Crippen LogP contribution is -2.55. The molecular formula is C27H30N2O3. The number of rotatable bonds is 8. The molecule has 3 aromatic rings. The van der Waals surface area contributed by atoms with Crippen LogP contribution in [0.2, 0.25) is 0 Å². The summed E-state index contributed by atoms with van der Waals surface area (Å²) >= 11 is 0. The van der Waals surface area contributed by atoms with Crippen molar-refractivity contribution >= 4 is 12.0 Å². The van der Waals surface area contributed by atoms with E-state index in [0.29, 0.717) is 5.56 Å². The number of likely N-dealkylation sites (N-methyl/N-ethyl adjacent to an activating group) is 1. The summed E-state index contributed by atoms with van der Waals surface area (Å²) < 4.78 is 0. The molecule has 1 unspecified atom stereocenters. The number of aliphatic hydroxyl groups excluding tert-OH is 1. The number of amides is 1. The first-order valence-corrected chi connectivity index (χ1v) is 10.6. The van der Waals surface area contributed by atoms with Gasteiger partial charge >= 0.3 is 0 Å². The maximum absolute atomic E-state index is 13.3. The highest BCUT2D eigenvalue weighted by molar-refractivity contribution is 5.84. The van der Waals surface area contributed by atoms with E-state index < -0.39 is 29.7 Å². The molecule has 5 nitrogen and oxygen atoms in total. The van der Waals surface area contributed by atoms with Crippen molar-refractivity contribution < 1.29 is 15.0 Å². The minimum atomic E-state index is -1.58. The quantitative estimate of drug-likeness (QED) is 0.508. The Morgan fingerprint density at radius 3 is 1.91 bits per heavy atom. The van der Waals surface area contributed by atoms with Gasteiger partial charge in [-0.2, -0.15) is 0 Å². The zero-order chi connectivity index (χ0) is 23.1. The van der Waals surface area contributed by atoms with E-state index in [9.17, 15) is 15.0 Å². The van der Waals surface area contributed by atoms with Gasteiger partial charge in [-0.05, 0) is 23.6 Å². The van der Waals surface area contributed by atoms with Crippen LogP contribution >= 0.6 is 0 Å². The minimum absolute atomic E-state index is 0.475. The average Bonchev–Trinajstić information content (AvgIpc) is 2.83. The number of hydrogen-bond donors (Lipinski definition) is 3. The second kappa shape index (κ2) is 10.4. The van der Waals surface area contributed by atoms with Crippen LogP contribution in [0.5, 0.6) is 0 Å². The highest BCUT2D eigenvalue weighted by atomic mass is 16.3. The Morgan fingerprint density at radius 1 is 0.906 bits per heavy atom. The molecule has 0 bridgehead atoms. The third-order valence-electron chi connectivity index (χ3n) is 5.65. The molecule has 3 aromatic carbocycles. The summed E-state index contributed by atoms with van der Waals surface area (Å²) in [6, 6.07) is 26.1. The van der Waals surface area contributed by atoms with E-state index in [1.807, 2.05) is 91.0 Å². The van der Waals surface area contributed by atoms with Gasteiger partial charge in [-0.1, -0.05) is 103 Å². The number of hydrogen-bond acceptors (Lipinski definition) is 4. The van der Waals surface area contributed by atoms with Crippen LogP contribution in [-0.2, 0) is 4.79 Å². The molecule has 0 saturated carbocycles. The van der Waals surface area contributed by atoms with Gasteiger partial charge in [0.15, 0.2) is 0 Å². The molecule has 0 aromatic heterocycles. The van der Waals surface area contributed by atoms with Gasteiger partial charge in [0.2, 0.25) is 5.91 Å². The lowest BCUT2D eigenvalue weighted by atomic mass is 9.91. The highest BCUT2D eigenvalue weighted by Gasteiger charge is 2.38. The third kappa shape index (κ3) is 5.51. The third-order valence-corrected chi connectivity index (χ3v) is 5.65. The van der Waals surface area contributed by atoms with Crippen molar-refractivity contribution in [2.75, 3.05) is 7.05 Å². The molecule has 4 atom stereocenters. The monoisotopic (exact) mass is 430 g/mol. The SMILES string of the molecule is CN(C(=O)[C@@H](N)C(C)(O)/C=C/c1ccccc1)[C@H](c1ccccc1)[C@H](O)c1ccccc1. The average molecular weight is 431 g/mol. The summed E-state index contributed by atoms with van der Waals surface area (Å²) in [5, 5.41) is 22.1. The molecule has 0 fully saturated rings. The zero-order valence-corrected chi connectivity index (χ0v) is 18.4. The summed E-state index contributed by atoms with van der Waals surface area (Å²) in [4.78, 5) is 14.8. The van der Waals surface area contributed by atoms with Crippen molar-refractivity contribution in [3.8, 4) is 0 Å². The van der Waals surface area contributed by atoms with Crippen LogP contribution in [-0.4, -0.2) is 39.7 Å². The maximum atomic E-state index is 13.3. The van der Waals surface area contributed by atoms with Crippen molar-refractivity contribution in [3.05, 3.63) is 114 Å². The van der Waals surface area contributed by atoms with Gasteiger partial charge in [-0.15, -0.1) is 0 Å². The van der Waals surface area contributed by atoms with Crippen molar-refractivity contribution in [2.45, 2.75) is 30.7 Å². The highest BCUT2D eigenvalue weighted by Crippen LogP contribution is 2.34. The number of carbonyl (C=O) groups is 1. The predicted octanol–water partition coefficient (Wildman–Crippen LogP) is 3.71. The molecular weight excluding hydrogens is 400 g/mol. The molecule has 0 aliphatic rings. The van der Waals surface area contributed by atoms with Gasteiger partial charge in [0.05, 0.1) is 6.04 Å². The molecule has 0 spiro atoms. The summed E-state index contributed by atoms with van der Waals surface area (Å²) in [7, 11) is 1.60. The fourth-order valence-corrected chi connectivity index (χ4v) is 3.64. The molecule has 0 heterocycles. The molecule has 166 valence electrons. The number of carbonyl (C=O) groups excluding carboxylic acids is 1. The normalized spacial score (nSPS) is 16.2. The van der Waals surface area contributed by atoms with E-state index in [-0.39, 0.29) is 0 Å². The summed E-state index contributed by atoms with van der Waals surface area (Å²) in [6.45, 7) is 1.51. The number of nitrogens with zero attached hydrogens (tertiary/aromatic N) is 1. The van der Waals surface area contributed by atoms with Gasteiger partial charge in [-0.25, -0.2) is 0 Å². The fourth-order valence-electron chi connectivity index (χ4n) is 3.64. The Labute approximate surface area is 189 Å². The van der Waals surface area contributed by atoms with Crippen molar-refractivity contribution in [3.63, 3.8) is 0 Å². The Hall–Kier alpha value is -3.25. The number of nitrogens with two attached hydrogens (primary N) is 1. The smallest absolute Gasteiger partial charge is 0.243 e. The topological polar surface area (TPSA) is 86.8 Å². The first-order valence-electron chi connectivity index (χ1n) is 10.6.